The first kappa shape index (κ1) is 17.3. The highest BCUT2D eigenvalue weighted by Crippen LogP contribution is 2.16. The SMILES string of the molecule is Cc1ccccc1OCC(=O)N1CCN(C(=O)CC(C)C)CC1. The summed E-state index contributed by atoms with van der Waals surface area (Å²) in [6.07, 6.45) is 0.574. The molecule has 1 fully saturated rings. The van der Waals surface area contributed by atoms with Crippen molar-refractivity contribution in [3.63, 3.8) is 0 Å². The second-order valence-corrected chi connectivity index (χ2v) is 6.41. The van der Waals surface area contributed by atoms with Gasteiger partial charge in [-0.15, -0.1) is 0 Å². The van der Waals surface area contributed by atoms with E-state index in [1.54, 1.807) is 4.90 Å². The van der Waals surface area contributed by atoms with Gasteiger partial charge >= 0.3 is 0 Å². The first-order valence-electron chi connectivity index (χ1n) is 8.21. The molecule has 0 radical (unpaired) electrons. The van der Waals surface area contributed by atoms with Gasteiger partial charge in [0.25, 0.3) is 5.91 Å². The smallest absolute Gasteiger partial charge is 0.260 e. The molecule has 2 amide bonds. The van der Waals surface area contributed by atoms with Gasteiger partial charge in [0.1, 0.15) is 5.75 Å². The number of carbonyl (C=O) groups excluding carboxylic acids is 2. The third-order valence-electron chi connectivity index (χ3n) is 4.01. The molecule has 2 rings (SSSR count). The van der Waals surface area contributed by atoms with E-state index in [2.05, 4.69) is 0 Å². The van der Waals surface area contributed by atoms with Crippen molar-refractivity contribution >= 4 is 11.8 Å². The molecular formula is C18H26N2O3. The van der Waals surface area contributed by atoms with Crippen LogP contribution in [-0.4, -0.2) is 54.4 Å². The van der Waals surface area contributed by atoms with Crippen molar-refractivity contribution in [2.45, 2.75) is 27.2 Å². The molecule has 0 bridgehead atoms. The monoisotopic (exact) mass is 318 g/mol. The summed E-state index contributed by atoms with van der Waals surface area (Å²) in [6.45, 7) is 8.48. The largest absolute Gasteiger partial charge is 0.484 e. The second-order valence-electron chi connectivity index (χ2n) is 6.41. The van der Waals surface area contributed by atoms with Gasteiger partial charge in [0.2, 0.25) is 5.91 Å². The van der Waals surface area contributed by atoms with Crippen LogP contribution in [0.2, 0.25) is 0 Å². The van der Waals surface area contributed by atoms with Crippen molar-refractivity contribution in [2.24, 2.45) is 5.92 Å². The molecule has 5 heteroatoms. The zero-order chi connectivity index (χ0) is 16.8. The number of ether oxygens (including phenoxy) is 1. The molecule has 0 N–H and O–H groups in total. The average molecular weight is 318 g/mol. The van der Waals surface area contributed by atoms with E-state index in [-0.39, 0.29) is 18.4 Å². The molecular weight excluding hydrogens is 292 g/mol. The normalized spacial score (nSPS) is 15.0. The molecule has 5 nitrogen and oxygen atoms in total. The first-order chi connectivity index (χ1) is 11.0. The molecule has 23 heavy (non-hydrogen) atoms. The Morgan fingerprint density at radius 1 is 1.04 bits per heavy atom. The lowest BCUT2D eigenvalue weighted by atomic mass is 10.1. The molecule has 0 saturated carbocycles. The number of piperazine rings is 1. The Labute approximate surface area is 138 Å². The van der Waals surface area contributed by atoms with E-state index in [1.165, 1.54) is 0 Å². The maximum atomic E-state index is 12.2. The van der Waals surface area contributed by atoms with Gasteiger partial charge in [0.15, 0.2) is 6.61 Å². The van der Waals surface area contributed by atoms with Crippen LogP contribution in [0.5, 0.6) is 5.75 Å². The molecule has 1 aromatic rings. The molecule has 0 atom stereocenters. The van der Waals surface area contributed by atoms with Gasteiger partial charge in [-0.1, -0.05) is 32.0 Å². The van der Waals surface area contributed by atoms with Gasteiger partial charge in [-0.05, 0) is 24.5 Å². The number of hydrogen-bond donors (Lipinski definition) is 0. The van der Waals surface area contributed by atoms with Crippen molar-refractivity contribution < 1.29 is 14.3 Å². The van der Waals surface area contributed by atoms with Crippen LogP contribution in [0.1, 0.15) is 25.8 Å². The summed E-state index contributed by atoms with van der Waals surface area (Å²) in [5.74, 6) is 1.27. The number of carbonyl (C=O) groups is 2. The molecule has 1 aliphatic rings. The van der Waals surface area contributed by atoms with Crippen LogP contribution in [0.25, 0.3) is 0 Å². The van der Waals surface area contributed by atoms with E-state index in [1.807, 2.05) is 49.9 Å². The van der Waals surface area contributed by atoms with Crippen molar-refractivity contribution in [3.8, 4) is 5.75 Å². The topological polar surface area (TPSA) is 49.9 Å². The lowest BCUT2D eigenvalue weighted by Crippen LogP contribution is -2.51. The Morgan fingerprint density at radius 3 is 2.17 bits per heavy atom. The maximum absolute atomic E-state index is 12.2. The van der Waals surface area contributed by atoms with Crippen LogP contribution in [-0.2, 0) is 9.59 Å². The van der Waals surface area contributed by atoms with Crippen LogP contribution >= 0.6 is 0 Å². The van der Waals surface area contributed by atoms with E-state index < -0.39 is 0 Å². The fourth-order valence-electron chi connectivity index (χ4n) is 2.63. The Hall–Kier alpha value is -2.04. The van der Waals surface area contributed by atoms with E-state index >= 15 is 0 Å². The summed E-state index contributed by atoms with van der Waals surface area (Å²) in [4.78, 5) is 27.9. The third kappa shape index (κ3) is 4.98. The molecule has 1 aliphatic heterocycles. The number of hydrogen-bond acceptors (Lipinski definition) is 3. The van der Waals surface area contributed by atoms with Gasteiger partial charge in [0, 0.05) is 32.6 Å². The summed E-state index contributed by atoms with van der Waals surface area (Å²) in [5, 5.41) is 0. The minimum atomic E-state index is -0.0239. The van der Waals surface area contributed by atoms with Crippen molar-refractivity contribution in [1.29, 1.82) is 0 Å². The van der Waals surface area contributed by atoms with Crippen molar-refractivity contribution in [2.75, 3.05) is 32.8 Å². The zero-order valence-electron chi connectivity index (χ0n) is 14.2. The molecule has 1 heterocycles. The number of benzene rings is 1. The lowest BCUT2D eigenvalue weighted by molar-refractivity contribution is -0.141. The predicted octanol–water partition coefficient (Wildman–Crippen LogP) is 2.09. The van der Waals surface area contributed by atoms with Crippen molar-refractivity contribution in [1.82, 2.24) is 9.80 Å². The highest BCUT2D eigenvalue weighted by Gasteiger charge is 2.24. The number of nitrogens with zero attached hydrogens (tertiary/aromatic N) is 2. The van der Waals surface area contributed by atoms with Gasteiger partial charge in [-0.25, -0.2) is 0 Å². The average Bonchev–Trinajstić information content (AvgIpc) is 2.53. The van der Waals surface area contributed by atoms with Crippen LogP contribution in [0.3, 0.4) is 0 Å². The highest BCUT2D eigenvalue weighted by molar-refractivity contribution is 5.79. The Kier molecular flexibility index (Phi) is 6.02. The number of amides is 2. The van der Waals surface area contributed by atoms with Gasteiger partial charge in [-0.3, -0.25) is 9.59 Å². The van der Waals surface area contributed by atoms with E-state index in [0.29, 0.717) is 38.5 Å². The number of para-hydroxylation sites is 1. The minimum Gasteiger partial charge on any atom is -0.484 e. The van der Waals surface area contributed by atoms with Crippen LogP contribution < -0.4 is 4.74 Å². The fourth-order valence-corrected chi connectivity index (χ4v) is 2.63. The summed E-state index contributed by atoms with van der Waals surface area (Å²) >= 11 is 0. The summed E-state index contributed by atoms with van der Waals surface area (Å²) < 4.78 is 5.61. The molecule has 1 aromatic carbocycles. The molecule has 126 valence electrons. The summed E-state index contributed by atoms with van der Waals surface area (Å²) in [5.41, 5.74) is 1.02. The van der Waals surface area contributed by atoms with Gasteiger partial charge in [-0.2, -0.15) is 0 Å². The van der Waals surface area contributed by atoms with Crippen LogP contribution in [0, 0.1) is 12.8 Å². The third-order valence-corrected chi connectivity index (χ3v) is 4.01. The second kappa shape index (κ2) is 7.99. The van der Waals surface area contributed by atoms with E-state index in [9.17, 15) is 9.59 Å². The zero-order valence-corrected chi connectivity index (χ0v) is 14.2. The standard InChI is InChI=1S/C18H26N2O3/c1-14(2)12-17(21)19-8-10-20(11-9-19)18(22)13-23-16-7-5-4-6-15(16)3/h4-7,14H,8-13H2,1-3H3. The first-order valence-corrected chi connectivity index (χ1v) is 8.21. The van der Waals surface area contributed by atoms with Crippen molar-refractivity contribution in [3.05, 3.63) is 29.8 Å². The molecule has 0 aromatic heterocycles. The summed E-state index contributed by atoms with van der Waals surface area (Å²) in [6, 6.07) is 7.66. The maximum Gasteiger partial charge on any atom is 0.260 e. The van der Waals surface area contributed by atoms with Crippen LogP contribution in [0.4, 0.5) is 0 Å². The summed E-state index contributed by atoms with van der Waals surface area (Å²) in [7, 11) is 0. The van der Waals surface area contributed by atoms with Crippen LogP contribution in [0.15, 0.2) is 24.3 Å². The number of rotatable bonds is 5. The Bertz CT molecular complexity index is 549. The Balaban J connectivity index is 1.77. The Morgan fingerprint density at radius 2 is 1.61 bits per heavy atom. The molecule has 1 saturated heterocycles. The van der Waals surface area contributed by atoms with Gasteiger partial charge in [0.05, 0.1) is 0 Å². The molecule has 0 spiro atoms. The van der Waals surface area contributed by atoms with E-state index in [4.69, 9.17) is 4.74 Å². The lowest BCUT2D eigenvalue weighted by Gasteiger charge is -2.35. The van der Waals surface area contributed by atoms with E-state index in [0.717, 1.165) is 11.3 Å². The van der Waals surface area contributed by atoms with Gasteiger partial charge < -0.3 is 14.5 Å². The molecule has 0 aliphatic carbocycles. The minimum absolute atomic E-state index is 0.0239. The number of aryl methyl sites for hydroxylation is 1. The molecule has 0 unspecified atom stereocenters. The highest BCUT2D eigenvalue weighted by atomic mass is 16.5. The predicted molar refractivity (Wildman–Crippen MR) is 89.3 cm³/mol. The quantitative estimate of drug-likeness (QED) is 0.835. The fraction of sp³-hybridized carbons (Fsp3) is 0.556.